The van der Waals surface area contributed by atoms with Crippen LogP contribution in [0.15, 0.2) is 60.9 Å². The lowest BCUT2D eigenvalue weighted by Crippen LogP contribution is -2.34. The van der Waals surface area contributed by atoms with Crippen LogP contribution in [0, 0.1) is 5.92 Å². The maximum atomic E-state index is 6.10. The lowest BCUT2D eigenvalue weighted by Gasteiger charge is -2.28. The Morgan fingerprint density at radius 3 is 2.67 bits per heavy atom. The summed E-state index contributed by atoms with van der Waals surface area (Å²) in [4.78, 5) is 8.66. The van der Waals surface area contributed by atoms with Crippen molar-refractivity contribution in [1.82, 2.24) is 15.3 Å². The molecule has 1 heterocycles. The molecule has 0 amide bonds. The Morgan fingerprint density at radius 1 is 1.03 bits per heavy atom. The first-order valence-corrected chi connectivity index (χ1v) is 10.7. The van der Waals surface area contributed by atoms with E-state index >= 15 is 0 Å². The van der Waals surface area contributed by atoms with Gasteiger partial charge in [0.25, 0.3) is 0 Å². The Labute approximate surface area is 178 Å². The third-order valence-corrected chi connectivity index (χ3v) is 5.74. The van der Waals surface area contributed by atoms with E-state index in [1.165, 1.54) is 31.2 Å². The minimum Gasteiger partial charge on any atom is -0.497 e. The van der Waals surface area contributed by atoms with Crippen LogP contribution in [0.25, 0.3) is 17.0 Å². The molecule has 5 heteroatoms. The summed E-state index contributed by atoms with van der Waals surface area (Å²) in [5, 5.41) is 4.56. The topological polar surface area (TPSA) is 56.3 Å². The predicted molar refractivity (Wildman–Crippen MR) is 121 cm³/mol. The van der Waals surface area contributed by atoms with Crippen LogP contribution in [0.2, 0.25) is 0 Å². The quantitative estimate of drug-likeness (QED) is 0.581. The fraction of sp³-hybridized carbons (Fsp3) is 0.360. The number of hydrogen-bond donors (Lipinski definition) is 1. The van der Waals surface area contributed by atoms with E-state index < -0.39 is 0 Å². The van der Waals surface area contributed by atoms with Crippen LogP contribution >= 0.6 is 0 Å². The Kier molecular flexibility index (Phi) is 6.93. The van der Waals surface area contributed by atoms with Crippen LogP contribution in [-0.4, -0.2) is 36.3 Å². The monoisotopic (exact) mass is 403 g/mol. The molecule has 5 nitrogen and oxygen atoms in total. The molecule has 1 fully saturated rings. The highest BCUT2D eigenvalue weighted by atomic mass is 16.5. The largest absolute Gasteiger partial charge is 0.497 e. The molecule has 0 atom stereocenters. The van der Waals surface area contributed by atoms with Crippen molar-refractivity contribution in [2.45, 2.75) is 31.7 Å². The van der Waals surface area contributed by atoms with Gasteiger partial charge in [-0.3, -0.25) is 0 Å². The van der Waals surface area contributed by atoms with Gasteiger partial charge in [0.1, 0.15) is 12.1 Å². The van der Waals surface area contributed by atoms with Gasteiger partial charge in [0.05, 0.1) is 24.6 Å². The van der Waals surface area contributed by atoms with Crippen molar-refractivity contribution in [3.05, 3.63) is 66.5 Å². The average Bonchev–Trinajstić information content (AvgIpc) is 2.81. The van der Waals surface area contributed by atoms with Crippen LogP contribution in [0.5, 0.6) is 11.6 Å². The van der Waals surface area contributed by atoms with E-state index in [1.807, 2.05) is 24.3 Å². The van der Waals surface area contributed by atoms with Crippen molar-refractivity contribution in [3.63, 3.8) is 0 Å². The first-order chi connectivity index (χ1) is 14.8. The number of aromatic nitrogens is 2. The SMILES string of the molecule is COc1ccc2ncnc(OCC3CCC(NC/C=C/c4ccccc4)CC3)c2c1. The van der Waals surface area contributed by atoms with Gasteiger partial charge in [0.2, 0.25) is 5.88 Å². The molecule has 4 rings (SSSR count). The minimum atomic E-state index is 0.568. The summed E-state index contributed by atoms with van der Waals surface area (Å²) < 4.78 is 11.4. The van der Waals surface area contributed by atoms with E-state index in [0.717, 1.165) is 23.2 Å². The van der Waals surface area contributed by atoms with Crippen LogP contribution in [0.1, 0.15) is 31.2 Å². The summed E-state index contributed by atoms with van der Waals surface area (Å²) in [5.41, 5.74) is 2.12. The molecule has 0 spiro atoms. The van der Waals surface area contributed by atoms with E-state index in [4.69, 9.17) is 9.47 Å². The zero-order valence-electron chi connectivity index (χ0n) is 17.5. The highest BCUT2D eigenvalue weighted by molar-refractivity contribution is 5.84. The lowest BCUT2D eigenvalue weighted by molar-refractivity contribution is 0.189. The van der Waals surface area contributed by atoms with Gasteiger partial charge >= 0.3 is 0 Å². The van der Waals surface area contributed by atoms with Gasteiger partial charge in [-0.1, -0.05) is 42.5 Å². The minimum absolute atomic E-state index is 0.568. The van der Waals surface area contributed by atoms with Crippen molar-refractivity contribution in [2.75, 3.05) is 20.3 Å². The summed E-state index contributed by atoms with van der Waals surface area (Å²) in [7, 11) is 1.66. The number of rotatable bonds is 8. The number of methoxy groups -OCH3 is 1. The van der Waals surface area contributed by atoms with Gasteiger partial charge in [-0.2, -0.15) is 0 Å². The molecule has 0 unspecified atom stereocenters. The fourth-order valence-electron chi connectivity index (χ4n) is 3.98. The molecular weight excluding hydrogens is 374 g/mol. The molecule has 0 bridgehead atoms. The highest BCUT2D eigenvalue weighted by Crippen LogP contribution is 2.28. The normalized spacial score (nSPS) is 19.2. The van der Waals surface area contributed by atoms with Crippen LogP contribution in [0.4, 0.5) is 0 Å². The second-order valence-electron chi connectivity index (χ2n) is 7.81. The predicted octanol–water partition coefficient (Wildman–Crippen LogP) is 4.88. The molecule has 0 radical (unpaired) electrons. The van der Waals surface area contributed by atoms with Gasteiger partial charge in [-0.05, 0) is 55.4 Å². The van der Waals surface area contributed by atoms with Crippen molar-refractivity contribution in [3.8, 4) is 11.6 Å². The Hall–Kier alpha value is -2.92. The van der Waals surface area contributed by atoms with E-state index in [0.29, 0.717) is 24.4 Å². The van der Waals surface area contributed by atoms with Crippen molar-refractivity contribution in [1.29, 1.82) is 0 Å². The van der Waals surface area contributed by atoms with Crippen molar-refractivity contribution < 1.29 is 9.47 Å². The van der Waals surface area contributed by atoms with Gasteiger partial charge < -0.3 is 14.8 Å². The number of nitrogens with zero attached hydrogens (tertiary/aromatic N) is 2. The van der Waals surface area contributed by atoms with Crippen molar-refractivity contribution in [2.24, 2.45) is 5.92 Å². The first kappa shape index (κ1) is 20.4. The molecule has 3 aromatic rings. The van der Waals surface area contributed by atoms with Crippen molar-refractivity contribution >= 4 is 17.0 Å². The summed E-state index contributed by atoms with van der Waals surface area (Å²) in [6, 6.07) is 16.8. The van der Waals surface area contributed by atoms with Gasteiger partial charge in [-0.15, -0.1) is 0 Å². The molecule has 30 heavy (non-hydrogen) atoms. The third kappa shape index (κ3) is 5.36. The van der Waals surface area contributed by atoms with Crippen LogP contribution in [-0.2, 0) is 0 Å². The maximum absolute atomic E-state index is 6.10. The average molecular weight is 404 g/mol. The fourth-order valence-corrected chi connectivity index (χ4v) is 3.98. The molecule has 1 aromatic heterocycles. The van der Waals surface area contributed by atoms with E-state index in [-0.39, 0.29) is 0 Å². The summed E-state index contributed by atoms with van der Waals surface area (Å²) in [6.07, 6.45) is 10.7. The molecule has 1 saturated carbocycles. The second kappa shape index (κ2) is 10.2. The number of hydrogen-bond acceptors (Lipinski definition) is 5. The van der Waals surface area contributed by atoms with E-state index in [1.54, 1.807) is 13.4 Å². The van der Waals surface area contributed by atoms with Crippen LogP contribution in [0.3, 0.4) is 0 Å². The first-order valence-electron chi connectivity index (χ1n) is 10.7. The number of ether oxygens (including phenoxy) is 2. The van der Waals surface area contributed by atoms with E-state index in [2.05, 4.69) is 51.7 Å². The molecule has 156 valence electrons. The van der Waals surface area contributed by atoms with Gasteiger partial charge in [0, 0.05) is 12.6 Å². The Morgan fingerprint density at radius 2 is 1.87 bits per heavy atom. The zero-order chi connectivity index (χ0) is 20.6. The maximum Gasteiger partial charge on any atom is 0.224 e. The zero-order valence-corrected chi connectivity index (χ0v) is 17.5. The lowest BCUT2D eigenvalue weighted by atomic mass is 9.86. The molecule has 0 aliphatic heterocycles. The number of benzene rings is 2. The van der Waals surface area contributed by atoms with Crippen LogP contribution < -0.4 is 14.8 Å². The Bertz CT molecular complexity index is 967. The highest BCUT2D eigenvalue weighted by Gasteiger charge is 2.21. The summed E-state index contributed by atoms with van der Waals surface area (Å²) in [6.45, 7) is 1.61. The molecule has 1 N–H and O–H groups in total. The smallest absolute Gasteiger partial charge is 0.224 e. The molecule has 1 aliphatic carbocycles. The molecule has 1 aliphatic rings. The summed E-state index contributed by atoms with van der Waals surface area (Å²) in [5.74, 6) is 2.00. The Balaban J connectivity index is 1.23. The number of fused-ring (bicyclic) bond motifs is 1. The van der Waals surface area contributed by atoms with E-state index in [9.17, 15) is 0 Å². The second-order valence-corrected chi connectivity index (χ2v) is 7.81. The van der Waals surface area contributed by atoms with Gasteiger partial charge in [0.15, 0.2) is 0 Å². The standard InChI is InChI=1S/C25H29N3O2/c1-29-22-13-14-24-23(16-22)25(28-18-27-24)30-17-20-9-11-21(12-10-20)26-15-5-8-19-6-3-2-4-7-19/h2-8,13-14,16,18,20-21,26H,9-12,15,17H2,1H3/b8-5+. The molecule has 0 saturated heterocycles. The van der Waals surface area contributed by atoms with Gasteiger partial charge in [-0.25, -0.2) is 9.97 Å². The molecule has 2 aromatic carbocycles. The number of nitrogens with one attached hydrogen (secondary N) is 1. The summed E-state index contributed by atoms with van der Waals surface area (Å²) >= 11 is 0. The third-order valence-electron chi connectivity index (χ3n) is 5.74. The molecular formula is C25H29N3O2.